The summed E-state index contributed by atoms with van der Waals surface area (Å²) in [6, 6.07) is 5.30. The molecule has 0 atom stereocenters. The van der Waals surface area contributed by atoms with Crippen molar-refractivity contribution < 1.29 is 14.7 Å². The second kappa shape index (κ2) is 5.25. The fraction of sp³-hybridized carbons (Fsp3) is 0.364. The first kappa shape index (κ1) is 12.2. The first-order valence-electron chi connectivity index (χ1n) is 4.94. The lowest BCUT2D eigenvalue weighted by Crippen LogP contribution is -2.31. The third-order valence-electron chi connectivity index (χ3n) is 2.08. The van der Waals surface area contributed by atoms with Gasteiger partial charge >= 0.3 is 5.97 Å². The van der Waals surface area contributed by atoms with Crippen molar-refractivity contribution in [2.24, 2.45) is 0 Å². The molecule has 0 unspecified atom stereocenters. The minimum absolute atomic E-state index is 0.0881. The Morgan fingerprint density at radius 3 is 2.62 bits per heavy atom. The van der Waals surface area contributed by atoms with Gasteiger partial charge in [-0.1, -0.05) is 6.07 Å². The highest BCUT2D eigenvalue weighted by Gasteiger charge is 2.13. The molecule has 0 aliphatic heterocycles. The topological polar surface area (TPSA) is 70.5 Å². The first-order chi connectivity index (χ1) is 7.50. The van der Waals surface area contributed by atoms with Crippen LogP contribution in [0.2, 0.25) is 0 Å². The number of pyridine rings is 1. The van der Waals surface area contributed by atoms with Crippen LogP contribution in [0.1, 0.15) is 19.0 Å². The molecule has 0 fully saturated rings. The molecule has 5 heteroatoms. The molecule has 1 aromatic rings. The molecule has 0 bridgehead atoms. The summed E-state index contributed by atoms with van der Waals surface area (Å²) in [4.78, 5) is 27.4. The van der Waals surface area contributed by atoms with Gasteiger partial charge in [-0.25, -0.2) is 4.98 Å². The lowest BCUT2D eigenvalue weighted by Gasteiger charge is -2.19. The standard InChI is InChI=1S/C11H14N2O3/c1-8-4-3-5-10(12-8)13(9(2)14)7-6-11(15)16/h3-5H,6-7H2,1-2H3,(H,15,16). The number of aliphatic carboxylic acids is 1. The molecule has 0 radical (unpaired) electrons. The second-order valence-corrected chi connectivity index (χ2v) is 3.45. The number of amides is 1. The summed E-state index contributed by atoms with van der Waals surface area (Å²) in [6.45, 7) is 3.35. The minimum atomic E-state index is -0.932. The van der Waals surface area contributed by atoms with Crippen molar-refractivity contribution in [1.29, 1.82) is 0 Å². The quantitative estimate of drug-likeness (QED) is 0.831. The van der Waals surface area contributed by atoms with Gasteiger partial charge in [0.1, 0.15) is 5.82 Å². The average Bonchev–Trinajstić information content (AvgIpc) is 2.17. The summed E-state index contributed by atoms with van der Waals surface area (Å²) in [5.41, 5.74) is 0.791. The van der Waals surface area contributed by atoms with Gasteiger partial charge in [-0.15, -0.1) is 0 Å². The van der Waals surface area contributed by atoms with Crippen molar-refractivity contribution in [1.82, 2.24) is 4.98 Å². The van der Waals surface area contributed by atoms with Crippen molar-refractivity contribution in [3.8, 4) is 0 Å². The average molecular weight is 222 g/mol. The summed E-state index contributed by atoms with van der Waals surface area (Å²) >= 11 is 0. The number of rotatable bonds is 4. The number of aromatic nitrogens is 1. The molecule has 0 saturated carbocycles. The van der Waals surface area contributed by atoms with Crippen molar-refractivity contribution in [2.45, 2.75) is 20.3 Å². The molecule has 1 heterocycles. The van der Waals surface area contributed by atoms with E-state index in [1.165, 1.54) is 11.8 Å². The Hall–Kier alpha value is -1.91. The van der Waals surface area contributed by atoms with E-state index in [0.717, 1.165) is 5.69 Å². The summed E-state index contributed by atoms with van der Waals surface area (Å²) in [6.07, 6.45) is -0.0881. The smallest absolute Gasteiger partial charge is 0.305 e. The van der Waals surface area contributed by atoms with Gasteiger partial charge in [-0.3, -0.25) is 14.5 Å². The summed E-state index contributed by atoms with van der Waals surface area (Å²) in [5.74, 6) is -0.646. The van der Waals surface area contributed by atoms with E-state index in [4.69, 9.17) is 5.11 Å². The zero-order chi connectivity index (χ0) is 12.1. The van der Waals surface area contributed by atoms with Gasteiger partial charge in [0.2, 0.25) is 5.91 Å². The number of nitrogens with zero attached hydrogens (tertiary/aromatic N) is 2. The third kappa shape index (κ3) is 3.34. The molecule has 16 heavy (non-hydrogen) atoms. The van der Waals surface area contributed by atoms with Crippen LogP contribution < -0.4 is 4.90 Å². The van der Waals surface area contributed by atoms with Crippen molar-refractivity contribution in [3.05, 3.63) is 23.9 Å². The van der Waals surface area contributed by atoms with Crippen molar-refractivity contribution in [3.63, 3.8) is 0 Å². The highest BCUT2D eigenvalue weighted by atomic mass is 16.4. The number of carbonyl (C=O) groups excluding carboxylic acids is 1. The number of carbonyl (C=O) groups is 2. The van der Waals surface area contributed by atoms with Gasteiger partial charge in [-0.05, 0) is 19.1 Å². The molecule has 0 aliphatic rings. The maximum absolute atomic E-state index is 11.4. The molecular formula is C11H14N2O3. The molecule has 0 aromatic carbocycles. The molecular weight excluding hydrogens is 208 g/mol. The Morgan fingerprint density at radius 2 is 2.12 bits per heavy atom. The van der Waals surface area contributed by atoms with Crippen molar-refractivity contribution in [2.75, 3.05) is 11.4 Å². The Balaban J connectivity index is 2.85. The van der Waals surface area contributed by atoms with E-state index >= 15 is 0 Å². The van der Waals surface area contributed by atoms with Gasteiger partial charge in [0.25, 0.3) is 0 Å². The zero-order valence-electron chi connectivity index (χ0n) is 9.30. The monoisotopic (exact) mass is 222 g/mol. The van der Waals surface area contributed by atoms with Gasteiger partial charge in [-0.2, -0.15) is 0 Å². The Labute approximate surface area is 93.7 Å². The van der Waals surface area contributed by atoms with Crippen molar-refractivity contribution >= 4 is 17.7 Å². The predicted octanol–water partition coefficient (Wildman–Crippen LogP) is 1.22. The highest BCUT2D eigenvalue weighted by molar-refractivity contribution is 5.90. The van der Waals surface area contributed by atoms with Gasteiger partial charge in [0, 0.05) is 19.2 Å². The van der Waals surface area contributed by atoms with E-state index < -0.39 is 5.97 Å². The molecule has 1 N–H and O–H groups in total. The molecule has 1 rings (SSSR count). The molecule has 1 amide bonds. The van der Waals surface area contributed by atoms with Crippen LogP contribution in [-0.4, -0.2) is 28.5 Å². The summed E-state index contributed by atoms with van der Waals surface area (Å²) in [5, 5.41) is 8.59. The fourth-order valence-electron chi connectivity index (χ4n) is 1.32. The Bertz CT molecular complexity index is 404. The highest BCUT2D eigenvalue weighted by Crippen LogP contribution is 2.11. The molecule has 0 saturated heterocycles. The van der Waals surface area contributed by atoms with E-state index in [-0.39, 0.29) is 18.9 Å². The summed E-state index contributed by atoms with van der Waals surface area (Å²) in [7, 11) is 0. The Kier molecular flexibility index (Phi) is 3.99. The predicted molar refractivity (Wildman–Crippen MR) is 59.3 cm³/mol. The number of hydrogen-bond acceptors (Lipinski definition) is 3. The number of aryl methyl sites for hydroxylation is 1. The molecule has 1 aromatic heterocycles. The zero-order valence-corrected chi connectivity index (χ0v) is 9.30. The van der Waals surface area contributed by atoms with Gasteiger partial charge in [0.05, 0.1) is 6.42 Å². The van der Waals surface area contributed by atoms with Crippen LogP contribution >= 0.6 is 0 Å². The van der Waals surface area contributed by atoms with E-state index in [0.29, 0.717) is 5.82 Å². The van der Waals surface area contributed by atoms with Crippen LogP contribution in [0.3, 0.4) is 0 Å². The minimum Gasteiger partial charge on any atom is -0.481 e. The van der Waals surface area contributed by atoms with E-state index in [1.807, 2.05) is 13.0 Å². The summed E-state index contributed by atoms with van der Waals surface area (Å²) < 4.78 is 0. The molecule has 86 valence electrons. The lowest BCUT2D eigenvalue weighted by atomic mass is 10.3. The van der Waals surface area contributed by atoms with Crippen LogP contribution in [0.15, 0.2) is 18.2 Å². The van der Waals surface area contributed by atoms with Crippen LogP contribution in [0.5, 0.6) is 0 Å². The van der Waals surface area contributed by atoms with E-state index in [2.05, 4.69) is 4.98 Å². The van der Waals surface area contributed by atoms with Crippen LogP contribution in [0, 0.1) is 6.92 Å². The SMILES string of the molecule is CC(=O)N(CCC(=O)O)c1cccc(C)n1. The number of carboxylic acid groups (broad SMARTS) is 1. The lowest BCUT2D eigenvalue weighted by molar-refractivity contribution is -0.136. The van der Waals surface area contributed by atoms with Crippen LogP contribution in [0.25, 0.3) is 0 Å². The van der Waals surface area contributed by atoms with Crippen LogP contribution in [-0.2, 0) is 9.59 Å². The third-order valence-corrected chi connectivity index (χ3v) is 2.08. The largest absolute Gasteiger partial charge is 0.481 e. The Morgan fingerprint density at radius 1 is 1.44 bits per heavy atom. The van der Waals surface area contributed by atoms with E-state index in [9.17, 15) is 9.59 Å². The molecule has 0 spiro atoms. The first-order valence-corrected chi connectivity index (χ1v) is 4.94. The van der Waals surface area contributed by atoms with Gasteiger partial charge in [0.15, 0.2) is 0 Å². The second-order valence-electron chi connectivity index (χ2n) is 3.45. The molecule has 5 nitrogen and oxygen atoms in total. The van der Waals surface area contributed by atoms with E-state index in [1.54, 1.807) is 12.1 Å². The number of carboxylic acids is 1. The molecule has 0 aliphatic carbocycles. The number of hydrogen-bond donors (Lipinski definition) is 1. The fourth-order valence-corrected chi connectivity index (χ4v) is 1.32. The van der Waals surface area contributed by atoms with Gasteiger partial charge < -0.3 is 5.11 Å². The normalized spacial score (nSPS) is 9.88. The maximum Gasteiger partial charge on any atom is 0.305 e. The van der Waals surface area contributed by atoms with Crippen LogP contribution in [0.4, 0.5) is 5.82 Å². The number of anilines is 1. The maximum atomic E-state index is 11.4.